The van der Waals surface area contributed by atoms with Gasteiger partial charge in [0.1, 0.15) is 17.1 Å². The van der Waals surface area contributed by atoms with E-state index in [1.54, 1.807) is 12.1 Å². The molecule has 2 heterocycles. The molecule has 1 amide bonds. The number of thioether (sulfide) groups is 1. The van der Waals surface area contributed by atoms with E-state index in [2.05, 4.69) is 39.8 Å². The monoisotopic (exact) mass is 495 g/mol. The van der Waals surface area contributed by atoms with Crippen LogP contribution in [0.15, 0.2) is 47.1 Å². The molecule has 1 saturated heterocycles. The molecule has 0 atom stereocenters. The second kappa shape index (κ2) is 10.8. The lowest BCUT2D eigenvalue weighted by atomic mass is 9.88. The minimum Gasteiger partial charge on any atom is -0.493 e. The van der Waals surface area contributed by atoms with E-state index in [0.717, 1.165) is 47.9 Å². The SMILES string of the molecule is CCCc1c(OCCCOc2cccc(N3CC(=O)SC3=O)c2)ccc2c(CC(C)(C)C)coc12. The standard InChI is InChI=1S/C28H33NO5S/c1-5-8-23-24(12-11-22-19(16-28(2,3)4)18-34-26(22)23)33-14-7-13-32-21-10-6-9-20(15-21)29-17-25(30)35-27(29)31/h6,9-12,15,18H,5,7-8,13-14,16-17H2,1-4H3. The van der Waals surface area contributed by atoms with Gasteiger partial charge in [0.25, 0.3) is 5.24 Å². The van der Waals surface area contributed by atoms with Gasteiger partial charge < -0.3 is 13.9 Å². The van der Waals surface area contributed by atoms with Crippen LogP contribution in [0.4, 0.5) is 10.5 Å². The zero-order chi connectivity index (χ0) is 25.0. The van der Waals surface area contributed by atoms with Gasteiger partial charge in [-0.1, -0.05) is 40.2 Å². The van der Waals surface area contributed by atoms with Gasteiger partial charge in [-0.2, -0.15) is 0 Å². The molecule has 0 N–H and O–H groups in total. The Balaban J connectivity index is 1.35. The summed E-state index contributed by atoms with van der Waals surface area (Å²) in [7, 11) is 0. The van der Waals surface area contributed by atoms with Crippen molar-refractivity contribution in [3.63, 3.8) is 0 Å². The minimum atomic E-state index is -0.248. The molecule has 0 spiro atoms. The second-order valence-corrected chi connectivity index (χ2v) is 11.0. The van der Waals surface area contributed by atoms with Crippen LogP contribution < -0.4 is 14.4 Å². The van der Waals surface area contributed by atoms with Crippen molar-refractivity contribution in [2.24, 2.45) is 5.41 Å². The number of anilines is 1. The van der Waals surface area contributed by atoms with Gasteiger partial charge in [0.2, 0.25) is 5.12 Å². The van der Waals surface area contributed by atoms with E-state index in [9.17, 15) is 9.59 Å². The predicted octanol–water partition coefficient (Wildman–Crippen LogP) is 7.02. The van der Waals surface area contributed by atoms with Crippen molar-refractivity contribution in [1.29, 1.82) is 0 Å². The molecule has 186 valence electrons. The van der Waals surface area contributed by atoms with E-state index in [0.29, 0.717) is 31.1 Å². The number of ether oxygens (including phenoxy) is 2. The highest BCUT2D eigenvalue weighted by Crippen LogP contribution is 2.35. The molecule has 2 aromatic carbocycles. The quantitative estimate of drug-likeness (QED) is 0.282. The van der Waals surface area contributed by atoms with Crippen LogP contribution in [0, 0.1) is 5.41 Å². The van der Waals surface area contributed by atoms with Crippen LogP contribution in [-0.2, 0) is 17.6 Å². The molecule has 1 aliphatic rings. The first-order chi connectivity index (χ1) is 16.7. The number of hydrogen-bond acceptors (Lipinski definition) is 6. The number of furan rings is 1. The number of aryl methyl sites for hydroxylation is 1. The maximum absolute atomic E-state index is 12.0. The number of nitrogens with zero attached hydrogens (tertiary/aromatic N) is 1. The molecule has 1 aromatic heterocycles. The number of benzene rings is 2. The third-order valence-electron chi connectivity index (χ3n) is 5.76. The summed E-state index contributed by atoms with van der Waals surface area (Å²) in [6.45, 7) is 9.97. The third kappa shape index (κ3) is 6.20. The molecule has 4 rings (SSSR count). The largest absolute Gasteiger partial charge is 0.493 e. The molecule has 0 radical (unpaired) electrons. The smallest absolute Gasteiger partial charge is 0.294 e. The van der Waals surface area contributed by atoms with Crippen molar-refractivity contribution < 1.29 is 23.5 Å². The average Bonchev–Trinajstić information content (AvgIpc) is 3.36. The predicted molar refractivity (Wildman–Crippen MR) is 141 cm³/mol. The first-order valence-corrected chi connectivity index (χ1v) is 13.0. The van der Waals surface area contributed by atoms with E-state index >= 15 is 0 Å². The zero-order valence-corrected chi connectivity index (χ0v) is 21.7. The van der Waals surface area contributed by atoms with Crippen molar-refractivity contribution in [3.8, 4) is 11.5 Å². The summed E-state index contributed by atoms with van der Waals surface area (Å²) in [5, 5.41) is 0.789. The fourth-order valence-electron chi connectivity index (χ4n) is 4.27. The van der Waals surface area contributed by atoms with Gasteiger partial charge in [-0.3, -0.25) is 14.5 Å². The fourth-order valence-corrected chi connectivity index (χ4v) is 4.94. The summed E-state index contributed by atoms with van der Waals surface area (Å²) in [5.41, 5.74) is 4.16. The van der Waals surface area contributed by atoms with Gasteiger partial charge in [-0.25, -0.2) is 0 Å². The molecule has 0 saturated carbocycles. The number of carbonyl (C=O) groups is 2. The number of amides is 1. The van der Waals surface area contributed by atoms with E-state index in [4.69, 9.17) is 13.9 Å². The Labute approximate surface area is 211 Å². The van der Waals surface area contributed by atoms with Gasteiger partial charge >= 0.3 is 0 Å². The van der Waals surface area contributed by atoms with Crippen LogP contribution in [0.2, 0.25) is 0 Å². The topological polar surface area (TPSA) is 69.0 Å². The summed E-state index contributed by atoms with van der Waals surface area (Å²) in [5.74, 6) is 1.53. The maximum atomic E-state index is 12.0. The van der Waals surface area contributed by atoms with Crippen molar-refractivity contribution in [3.05, 3.63) is 53.8 Å². The van der Waals surface area contributed by atoms with Gasteiger partial charge in [0, 0.05) is 40.9 Å². The lowest BCUT2D eigenvalue weighted by Gasteiger charge is -2.17. The molecule has 7 heteroatoms. The van der Waals surface area contributed by atoms with Gasteiger partial charge in [-0.05, 0) is 48.1 Å². The molecule has 0 unspecified atom stereocenters. The summed E-state index contributed by atoms with van der Waals surface area (Å²) in [6, 6.07) is 11.4. The fraction of sp³-hybridized carbons (Fsp3) is 0.429. The molecule has 0 aliphatic carbocycles. The molecule has 1 fully saturated rings. The molecule has 35 heavy (non-hydrogen) atoms. The number of hydrogen-bond donors (Lipinski definition) is 0. The lowest BCUT2D eigenvalue weighted by Crippen LogP contribution is -2.22. The third-order valence-corrected chi connectivity index (χ3v) is 6.51. The van der Waals surface area contributed by atoms with Crippen LogP contribution in [0.1, 0.15) is 51.7 Å². The minimum absolute atomic E-state index is 0.0958. The van der Waals surface area contributed by atoms with Crippen molar-refractivity contribution in [1.82, 2.24) is 0 Å². The first kappa shape index (κ1) is 25.2. The normalized spacial score (nSPS) is 14.2. The number of rotatable bonds is 10. The molecule has 6 nitrogen and oxygen atoms in total. The highest BCUT2D eigenvalue weighted by atomic mass is 32.2. The summed E-state index contributed by atoms with van der Waals surface area (Å²) < 4.78 is 18.0. The molecule has 3 aromatic rings. The van der Waals surface area contributed by atoms with E-state index in [1.807, 2.05) is 18.4 Å². The Morgan fingerprint density at radius 3 is 2.60 bits per heavy atom. The Morgan fingerprint density at radius 2 is 1.89 bits per heavy atom. The summed E-state index contributed by atoms with van der Waals surface area (Å²) >= 11 is 0.744. The van der Waals surface area contributed by atoms with Crippen molar-refractivity contribution >= 4 is 38.8 Å². The Hall–Kier alpha value is -2.93. The molecule has 0 bridgehead atoms. The zero-order valence-electron chi connectivity index (χ0n) is 20.9. The number of carbonyl (C=O) groups excluding carboxylic acids is 2. The summed E-state index contributed by atoms with van der Waals surface area (Å²) in [6.07, 6.45) is 5.47. The van der Waals surface area contributed by atoms with Crippen LogP contribution in [0.3, 0.4) is 0 Å². The summed E-state index contributed by atoms with van der Waals surface area (Å²) in [4.78, 5) is 24.9. The average molecular weight is 496 g/mol. The lowest BCUT2D eigenvalue weighted by molar-refractivity contribution is -0.109. The van der Waals surface area contributed by atoms with Crippen molar-refractivity contribution in [2.45, 2.75) is 53.4 Å². The van der Waals surface area contributed by atoms with Crippen LogP contribution >= 0.6 is 11.8 Å². The number of fused-ring (bicyclic) bond motifs is 1. The highest BCUT2D eigenvalue weighted by Gasteiger charge is 2.30. The van der Waals surface area contributed by atoms with Gasteiger partial charge in [0.05, 0.1) is 26.0 Å². The molecule has 1 aliphatic heterocycles. The molecular weight excluding hydrogens is 462 g/mol. The van der Waals surface area contributed by atoms with E-state index in [1.165, 1.54) is 15.8 Å². The Kier molecular flexibility index (Phi) is 7.75. The van der Waals surface area contributed by atoms with E-state index in [-0.39, 0.29) is 22.3 Å². The van der Waals surface area contributed by atoms with Crippen LogP contribution in [0.5, 0.6) is 11.5 Å². The highest BCUT2D eigenvalue weighted by molar-refractivity contribution is 8.27. The van der Waals surface area contributed by atoms with Crippen LogP contribution in [0.25, 0.3) is 11.0 Å². The second-order valence-electron chi connectivity index (χ2n) is 10.0. The maximum Gasteiger partial charge on any atom is 0.294 e. The Bertz CT molecular complexity index is 1210. The molecular formula is C28H33NO5S. The first-order valence-electron chi connectivity index (χ1n) is 12.1. The van der Waals surface area contributed by atoms with Gasteiger partial charge in [-0.15, -0.1) is 0 Å². The van der Waals surface area contributed by atoms with Crippen molar-refractivity contribution in [2.75, 3.05) is 24.7 Å². The van der Waals surface area contributed by atoms with Gasteiger partial charge in [0.15, 0.2) is 0 Å². The Morgan fingerprint density at radius 1 is 1.09 bits per heavy atom. The van der Waals surface area contributed by atoms with Crippen LogP contribution in [-0.4, -0.2) is 30.1 Å². The van der Waals surface area contributed by atoms with E-state index < -0.39 is 0 Å².